The Balaban J connectivity index is 0.00000312. The van der Waals surface area contributed by atoms with Gasteiger partial charge in [0.25, 0.3) is 0 Å². The second kappa shape index (κ2) is 12.1. The molecule has 6 heteroatoms. The number of halogens is 2. The number of benzene rings is 1. The number of rotatable bonds is 10. The average molecular weight is 524 g/mol. The summed E-state index contributed by atoms with van der Waals surface area (Å²) >= 11 is 3.58. The molecule has 1 aliphatic carbocycles. The summed E-state index contributed by atoms with van der Waals surface area (Å²) in [7, 11) is 1.76. The van der Waals surface area contributed by atoms with Crippen molar-refractivity contribution >= 4 is 45.9 Å². The van der Waals surface area contributed by atoms with E-state index in [1.54, 1.807) is 7.11 Å². The van der Waals surface area contributed by atoms with E-state index >= 15 is 0 Å². The Hall–Kier alpha value is -0.340. The first-order valence-electron chi connectivity index (χ1n) is 8.97. The Kier molecular flexibility index (Phi) is 11.0. The van der Waals surface area contributed by atoms with E-state index in [0.29, 0.717) is 0 Å². The molecule has 2 N–H and O–H groups in total. The average Bonchev–Trinajstić information content (AvgIpc) is 3.37. The van der Waals surface area contributed by atoms with Crippen LogP contribution in [0.15, 0.2) is 33.7 Å². The Morgan fingerprint density at radius 2 is 2.04 bits per heavy atom. The smallest absolute Gasteiger partial charge is 0.191 e. The van der Waals surface area contributed by atoms with Crippen molar-refractivity contribution in [3.05, 3.63) is 34.3 Å². The van der Waals surface area contributed by atoms with E-state index in [4.69, 9.17) is 9.73 Å². The first kappa shape index (κ1) is 22.7. The summed E-state index contributed by atoms with van der Waals surface area (Å²) < 4.78 is 6.23. The molecule has 4 nitrogen and oxygen atoms in total. The number of unbranched alkanes of at least 4 members (excludes halogenated alkanes) is 2. The summed E-state index contributed by atoms with van der Waals surface area (Å²) in [5.41, 5.74) is 1.64. The molecule has 0 saturated heterocycles. The minimum Gasteiger partial charge on any atom is -0.385 e. The number of ether oxygens (including phenoxy) is 1. The van der Waals surface area contributed by atoms with E-state index in [1.165, 1.54) is 24.8 Å². The van der Waals surface area contributed by atoms with Gasteiger partial charge in [0.1, 0.15) is 0 Å². The van der Waals surface area contributed by atoms with Crippen LogP contribution in [-0.2, 0) is 10.2 Å². The quantitative estimate of drug-likeness (QED) is 0.206. The highest BCUT2D eigenvalue weighted by atomic mass is 127. The molecule has 1 aromatic carbocycles. The van der Waals surface area contributed by atoms with Gasteiger partial charge in [0.05, 0.1) is 6.54 Å². The summed E-state index contributed by atoms with van der Waals surface area (Å²) in [4.78, 5) is 4.84. The molecule has 0 amide bonds. The van der Waals surface area contributed by atoms with E-state index in [0.717, 1.165) is 49.5 Å². The largest absolute Gasteiger partial charge is 0.385 e. The van der Waals surface area contributed by atoms with Gasteiger partial charge >= 0.3 is 0 Å². The molecule has 1 aromatic rings. The Bertz CT molecular complexity index is 535. The molecule has 0 aliphatic heterocycles. The van der Waals surface area contributed by atoms with Crippen LogP contribution < -0.4 is 10.6 Å². The monoisotopic (exact) mass is 523 g/mol. The van der Waals surface area contributed by atoms with Gasteiger partial charge in [0.2, 0.25) is 0 Å². The fourth-order valence-electron chi connectivity index (χ4n) is 2.83. The highest BCUT2D eigenvalue weighted by Crippen LogP contribution is 2.48. The molecule has 0 spiro atoms. The molecule has 0 unspecified atom stereocenters. The van der Waals surface area contributed by atoms with Crippen LogP contribution in [0.5, 0.6) is 0 Å². The Morgan fingerprint density at radius 3 is 2.68 bits per heavy atom. The van der Waals surface area contributed by atoms with Crippen molar-refractivity contribution in [2.24, 2.45) is 4.99 Å². The third-order valence-electron chi connectivity index (χ3n) is 4.49. The number of methoxy groups -OCH3 is 1. The Labute approximate surface area is 177 Å². The van der Waals surface area contributed by atoms with Gasteiger partial charge in [-0.3, -0.25) is 4.99 Å². The van der Waals surface area contributed by atoms with Gasteiger partial charge in [0.15, 0.2) is 5.96 Å². The van der Waals surface area contributed by atoms with Crippen LogP contribution in [0.3, 0.4) is 0 Å². The first-order chi connectivity index (χ1) is 11.7. The molecule has 1 fully saturated rings. The highest BCUT2D eigenvalue weighted by molar-refractivity contribution is 14.0. The molecule has 1 saturated carbocycles. The lowest BCUT2D eigenvalue weighted by atomic mass is 9.96. The predicted octanol–water partition coefficient (Wildman–Crippen LogP) is 4.47. The van der Waals surface area contributed by atoms with Crippen LogP contribution >= 0.6 is 39.9 Å². The standard InChI is InChI=1S/C19H30BrN3O.HI/c1-3-21-18(22-12-5-4-6-13-24-2)23-15-19(10-11-19)16-8-7-9-17(20)14-16;/h7-9,14H,3-6,10-13,15H2,1-2H3,(H2,21,22,23);1H. The number of nitrogens with one attached hydrogen (secondary N) is 2. The second-order valence-corrected chi connectivity index (χ2v) is 7.38. The number of hydrogen-bond acceptors (Lipinski definition) is 2. The van der Waals surface area contributed by atoms with Crippen LogP contribution in [0.4, 0.5) is 0 Å². The van der Waals surface area contributed by atoms with Crippen molar-refractivity contribution < 1.29 is 4.74 Å². The lowest BCUT2D eigenvalue weighted by Crippen LogP contribution is -2.38. The van der Waals surface area contributed by atoms with Gasteiger partial charge in [-0.15, -0.1) is 24.0 Å². The van der Waals surface area contributed by atoms with Crippen molar-refractivity contribution in [3.63, 3.8) is 0 Å². The number of nitrogens with zero attached hydrogens (tertiary/aromatic N) is 1. The highest BCUT2D eigenvalue weighted by Gasteiger charge is 2.44. The summed E-state index contributed by atoms with van der Waals surface area (Å²) in [5.74, 6) is 0.936. The van der Waals surface area contributed by atoms with Crippen molar-refractivity contribution in [2.45, 2.75) is 44.4 Å². The SMILES string of the molecule is CCNC(=NCC1(c2cccc(Br)c2)CC1)NCCCCCOC.I. The summed E-state index contributed by atoms with van der Waals surface area (Å²) in [6, 6.07) is 8.66. The van der Waals surface area contributed by atoms with Crippen LogP contribution in [0, 0.1) is 0 Å². The van der Waals surface area contributed by atoms with Gasteiger partial charge in [-0.25, -0.2) is 0 Å². The third kappa shape index (κ3) is 7.83. The van der Waals surface area contributed by atoms with E-state index in [1.807, 2.05) is 0 Å². The third-order valence-corrected chi connectivity index (χ3v) is 4.99. The van der Waals surface area contributed by atoms with Gasteiger partial charge in [0, 0.05) is 36.7 Å². The minimum absolute atomic E-state index is 0. The summed E-state index contributed by atoms with van der Waals surface area (Å²) in [6.07, 6.45) is 5.90. The minimum atomic E-state index is 0. The number of hydrogen-bond donors (Lipinski definition) is 2. The summed E-state index contributed by atoms with van der Waals surface area (Å²) in [5, 5.41) is 6.80. The fraction of sp³-hybridized carbons (Fsp3) is 0.632. The van der Waals surface area contributed by atoms with E-state index < -0.39 is 0 Å². The topological polar surface area (TPSA) is 45.7 Å². The van der Waals surface area contributed by atoms with Gasteiger partial charge in [-0.2, -0.15) is 0 Å². The molecular formula is C19H31BrIN3O. The fourth-order valence-corrected chi connectivity index (χ4v) is 3.23. The maximum atomic E-state index is 5.08. The van der Waals surface area contributed by atoms with Crippen molar-refractivity contribution in [3.8, 4) is 0 Å². The molecule has 0 bridgehead atoms. The zero-order chi connectivity index (χ0) is 17.3. The van der Waals surface area contributed by atoms with E-state index in [-0.39, 0.29) is 29.4 Å². The van der Waals surface area contributed by atoms with Gasteiger partial charge < -0.3 is 15.4 Å². The molecule has 0 radical (unpaired) electrons. The summed E-state index contributed by atoms with van der Waals surface area (Å²) in [6.45, 7) is 5.65. The Morgan fingerprint density at radius 1 is 1.24 bits per heavy atom. The van der Waals surface area contributed by atoms with E-state index in [9.17, 15) is 0 Å². The van der Waals surface area contributed by atoms with Crippen LogP contribution in [0.25, 0.3) is 0 Å². The number of aliphatic imine (C=N–C) groups is 1. The molecule has 0 atom stereocenters. The molecule has 0 aromatic heterocycles. The molecule has 0 heterocycles. The first-order valence-corrected chi connectivity index (χ1v) is 9.76. The maximum absolute atomic E-state index is 5.08. The normalized spacial score (nSPS) is 15.4. The second-order valence-electron chi connectivity index (χ2n) is 6.47. The lowest BCUT2D eigenvalue weighted by molar-refractivity contribution is 0.192. The van der Waals surface area contributed by atoms with Crippen LogP contribution in [0.2, 0.25) is 0 Å². The molecule has 2 rings (SSSR count). The number of guanidine groups is 1. The maximum Gasteiger partial charge on any atom is 0.191 e. The van der Waals surface area contributed by atoms with Crippen molar-refractivity contribution in [2.75, 3.05) is 33.4 Å². The van der Waals surface area contributed by atoms with Crippen molar-refractivity contribution in [1.82, 2.24) is 10.6 Å². The van der Waals surface area contributed by atoms with Crippen LogP contribution in [0.1, 0.15) is 44.6 Å². The molecule has 142 valence electrons. The predicted molar refractivity (Wildman–Crippen MR) is 120 cm³/mol. The van der Waals surface area contributed by atoms with Crippen molar-refractivity contribution in [1.29, 1.82) is 0 Å². The molecule has 1 aliphatic rings. The lowest BCUT2D eigenvalue weighted by Gasteiger charge is -2.16. The molecular weight excluding hydrogens is 493 g/mol. The molecule has 25 heavy (non-hydrogen) atoms. The van der Waals surface area contributed by atoms with E-state index in [2.05, 4.69) is 57.8 Å². The zero-order valence-electron chi connectivity index (χ0n) is 15.3. The van der Waals surface area contributed by atoms with Gasteiger partial charge in [-0.1, -0.05) is 28.1 Å². The van der Waals surface area contributed by atoms with Gasteiger partial charge in [-0.05, 0) is 56.7 Å². The zero-order valence-corrected chi connectivity index (χ0v) is 19.2. The van der Waals surface area contributed by atoms with Crippen LogP contribution in [-0.4, -0.2) is 39.3 Å².